The van der Waals surface area contributed by atoms with E-state index >= 15 is 0 Å². The first kappa shape index (κ1) is 22.7. The van der Waals surface area contributed by atoms with E-state index in [1.54, 1.807) is 36.3 Å². The molecule has 0 aliphatic carbocycles. The average Bonchev–Trinajstić information content (AvgIpc) is 3.34. The van der Waals surface area contributed by atoms with E-state index in [0.29, 0.717) is 23.6 Å². The summed E-state index contributed by atoms with van der Waals surface area (Å²) in [6, 6.07) is 15.0. The minimum Gasteiger partial charge on any atom is -0.370 e. The first-order valence-electron chi connectivity index (χ1n) is 11.2. The summed E-state index contributed by atoms with van der Waals surface area (Å²) in [6.45, 7) is 5.80. The lowest BCUT2D eigenvalue weighted by Crippen LogP contribution is -2.43. The van der Waals surface area contributed by atoms with Crippen molar-refractivity contribution in [1.29, 1.82) is 0 Å². The van der Waals surface area contributed by atoms with Crippen molar-refractivity contribution in [2.45, 2.75) is 51.9 Å². The number of carbonyl (C=O) groups excluding carboxylic acids is 2. The smallest absolute Gasteiger partial charge is 0.255 e. The summed E-state index contributed by atoms with van der Waals surface area (Å²) in [6.07, 6.45) is 4.57. The number of nitrogens with one attached hydrogen (secondary N) is 2. The maximum atomic E-state index is 12.9. The molecule has 1 fully saturated rings. The number of hydrogen-bond donors (Lipinski definition) is 2. The van der Waals surface area contributed by atoms with Crippen LogP contribution in [-0.4, -0.2) is 38.7 Å². The average molecular weight is 448 g/mol. The zero-order valence-corrected chi connectivity index (χ0v) is 19.1. The predicted octanol–water partition coefficient (Wildman–Crippen LogP) is 3.90. The standard InChI is InChI=1S/C25H29N5O3/c1-16(2)23-12-21(28-17(3)31)13-24(33-23)18-6-4-8-20(10-18)29-25(32)19-7-5-9-22(11-19)30-14-26-27-15-30/h4-11,14-16,21,23-24H,12-13H2,1-3H3,(H,28,31)(H,29,32)/t21-,23-,24+/m1/s1. The molecule has 2 heterocycles. The van der Waals surface area contributed by atoms with Gasteiger partial charge in [0.2, 0.25) is 5.91 Å². The summed E-state index contributed by atoms with van der Waals surface area (Å²) in [5.74, 6) is 0.102. The van der Waals surface area contributed by atoms with Crippen molar-refractivity contribution in [3.05, 3.63) is 72.3 Å². The predicted molar refractivity (Wildman–Crippen MR) is 125 cm³/mol. The van der Waals surface area contributed by atoms with E-state index in [9.17, 15) is 9.59 Å². The van der Waals surface area contributed by atoms with E-state index in [1.807, 2.05) is 36.4 Å². The summed E-state index contributed by atoms with van der Waals surface area (Å²) < 4.78 is 8.11. The quantitative estimate of drug-likeness (QED) is 0.597. The van der Waals surface area contributed by atoms with Crippen LogP contribution in [0.15, 0.2) is 61.2 Å². The topological polar surface area (TPSA) is 98.1 Å². The molecule has 3 atom stereocenters. The number of aromatic nitrogens is 3. The van der Waals surface area contributed by atoms with E-state index in [4.69, 9.17) is 4.74 Å². The van der Waals surface area contributed by atoms with Crippen molar-refractivity contribution in [2.24, 2.45) is 5.92 Å². The second-order valence-electron chi connectivity index (χ2n) is 8.78. The number of nitrogens with zero attached hydrogens (tertiary/aromatic N) is 3. The summed E-state index contributed by atoms with van der Waals surface area (Å²) in [5, 5.41) is 13.7. The van der Waals surface area contributed by atoms with E-state index in [-0.39, 0.29) is 30.1 Å². The molecule has 2 amide bonds. The Bertz CT molecular complexity index is 1110. The van der Waals surface area contributed by atoms with Gasteiger partial charge in [0, 0.05) is 29.9 Å². The van der Waals surface area contributed by atoms with Gasteiger partial charge >= 0.3 is 0 Å². The molecule has 3 aromatic rings. The molecule has 2 N–H and O–H groups in total. The largest absolute Gasteiger partial charge is 0.370 e. The number of anilines is 1. The van der Waals surface area contributed by atoms with E-state index in [0.717, 1.165) is 17.7 Å². The molecule has 8 nitrogen and oxygen atoms in total. The van der Waals surface area contributed by atoms with Gasteiger partial charge in [-0.3, -0.25) is 14.2 Å². The van der Waals surface area contributed by atoms with Crippen LogP contribution in [0.25, 0.3) is 5.69 Å². The Kier molecular flexibility index (Phi) is 6.84. The van der Waals surface area contributed by atoms with Crippen LogP contribution < -0.4 is 10.6 Å². The van der Waals surface area contributed by atoms with Gasteiger partial charge in [-0.05, 0) is 54.7 Å². The SMILES string of the molecule is CC(=O)N[C@H]1C[C@@H](c2cccc(NC(=O)c3cccc(-n4cnnc4)c3)c2)O[C@@H](C(C)C)C1. The number of benzene rings is 2. The van der Waals surface area contributed by atoms with Crippen LogP contribution in [-0.2, 0) is 9.53 Å². The first-order chi connectivity index (χ1) is 15.9. The van der Waals surface area contributed by atoms with Crippen LogP contribution in [0.4, 0.5) is 5.69 Å². The molecule has 1 aliphatic heterocycles. The molecule has 0 unspecified atom stereocenters. The van der Waals surface area contributed by atoms with Gasteiger partial charge in [0.05, 0.1) is 12.2 Å². The highest BCUT2D eigenvalue weighted by molar-refractivity contribution is 6.04. The third kappa shape index (κ3) is 5.64. The fraction of sp³-hybridized carbons (Fsp3) is 0.360. The summed E-state index contributed by atoms with van der Waals surface area (Å²) >= 11 is 0. The van der Waals surface area contributed by atoms with Gasteiger partial charge in [-0.1, -0.05) is 32.0 Å². The summed E-state index contributed by atoms with van der Waals surface area (Å²) in [7, 11) is 0. The number of carbonyl (C=O) groups is 2. The molecule has 4 rings (SSSR count). The van der Waals surface area contributed by atoms with Gasteiger partial charge in [0.15, 0.2) is 0 Å². The maximum Gasteiger partial charge on any atom is 0.255 e. The molecule has 172 valence electrons. The minimum atomic E-state index is -0.206. The molecule has 2 aromatic carbocycles. The molecule has 1 aliphatic rings. The lowest BCUT2D eigenvalue weighted by atomic mass is 9.89. The molecule has 0 radical (unpaired) electrons. The molecule has 0 bridgehead atoms. The van der Waals surface area contributed by atoms with E-state index < -0.39 is 0 Å². The molecule has 0 spiro atoms. The monoisotopic (exact) mass is 447 g/mol. The minimum absolute atomic E-state index is 0.0297. The molecule has 33 heavy (non-hydrogen) atoms. The van der Waals surface area contributed by atoms with Crippen molar-refractivity contribution in [1.82, 2.24) is 20.1 Å². The molecule has 1 saturated heterocycles. The number of ether oxygens (including phenoxy) is 1. The van der Waals surface area contributed by atoms with Crippen molar-refractivity contribution in [3.8, 4) is 5.69 Å². The van der Waals surface area contributed by atoms with Crippen molar-refractivity contribution >= 4 is 17.5 Å². The highest BCUT2D eigenvalue weighted by atomic mass is 16.5. The van der Waals surface area contributed by atoms with Gasteiger partial charge in [0.25, 0.3) is 5.91 Å². The second kappa shape index (κ2) is 9.95. The number of amides is 2. The molecular formula is C25H29N5O3. The molecule has 0 saturated carbocycles. The van der Waals surface area contributed by atoms with Gasteiger partial charge < -0.3 is 15.4 Å². The summed E-state index contributed by atoms with van der Waals surface area (Å²) in [4.78, 5) is 24.5. The van der Waals surface area contributed by atoms with Crippen LogP contribution in [0, 0.1) is 5.92 Å². The van der Waals surface area contributed by atoms with E-state index in [2.05, 4.69) is 34.7 Å². The lowest BCUT2D eigenvalue weighted by Gasteiger charge is -2.38. The lowest BCUT2D eigenvalue weighted by molar-refractivity contribution is -0.123. The maximum absolute atomic E-state index is 12.9. The van der Waals surface area contributed by atoms with Gasteiger partial charge in [-0.25, -0.2) is 0 Å². The van der Waals surface area contributed by atoms with Crippen LogP contribution in [0.2, 0.25) is 0 Å². The molecule has 1 aromatic heterocycles. The van der Waals surface area contributed by atoms with Gasteiger partial charge in [-0.2, -0.15) is 0 Å². The molecular weight excluding hydrogens is 418 g/mol. The highest BCUT2D eigenvalue weighted by Crippen LogP contribution is 2.35. The van der Waals surface area contributed by atoms with Crippen molar-refractivity contribution in [2.75, 3.05) is 5.32 Å². The Morgan fingerprint density at radius 3 is 2.55 bits per heavy atom. The third-order valence-corrected chi connectivity index (χ3v) is 5.85. The fourth-order valence-electron chi connectivity index (χ4n) is 4.17. The molecule has 8 heteroatoms. The normalized spacial score (nSPS) is 20.4. The third-order valence-electron chi connectivity index (χ3n) is 5.85. The van der Waals surface area contributed by atoms with Crippen molar-refractivity contribution < 1.29 is 14.3 Å². The van der Waals surface area contributed by atoms with Gasteiger partial charge in [0.1, 0.15) is 12.7 Å². The van der Waals surface area contributed by atoms with E-state index in [1.165, 1.54) is 0 Å². The Morgan fingerprint density at radius 1 is 1.06 bits per heavy atom. The van der Waals surface area contributed by atoms with Crippen LogP contribution in [0.1, 0.15) is 55.6 Å². The van der Waals surface area contributed by atoms with Crippen LogP contribution >= 0.6 is 0 Å². The Balaban J connectivity index is 1.50. The van der Waals surface area contributed by atoms with Crippen LogP contribution in [0.5, 0.6) is 0 Å². The number of hydrogen-bond acceptors (Lipinski definition) is 5. The Labute approximate surface area is 193 Å². The van der Waals surface area contributed by atoms with Crippen LogP contribution in [0.3, 0.4) is 0 Å². The number of rotatable bonds is 6. The Hall–Kier alpha value is -3.52. The van der Waals surface area contributed by atoms with Gasteiger partial charge in [-0.15, -0.1) is 10.2 Å². The zero-order chi connectivity index (χ0) is 23.4. The second-order valence-corrected chi connectivity index (χ2v) is 8.78. The first-order valence-corrected chi connectivity index (χ1v) is 11.2. The fourth-order valence-corrected chi connectivity index (χ4v) is 4.17. The zero-order valence-electron chi connectivity index (χ0n) is 19.1. The summed E-state index contributed by atoms with van der Waals surface area (Å²) in [5.41, 5.74) is 3.01. The van der Waals surface area contributed by atoms with Crippen molar-refractivity contribution in [3.63, 3.8) is 0 Å². The Morgan fingerprint density at radius 2 is 1.82 bits per heavy atom. The highest BCUT2D eigenvalue weighted by Gasteiger charge is 2.32.